The predicted octanol–water partition coefficient (Wildman–Crippen LogP) is 2.81. The molecule has 1 radical (unpaired) electrons. The Morgan fingerprint density at radius 1 is 0.905 bits per heavy atom. The molecule has 0 fully saturated rings. The van der Waals surface area contributed by atoms with Crippen LogP contribution in [0.1, 0.15) is 11.1 Å². The van der Waals surface area contributed by atoms with Crippen molar-refractivity contribution in [1.29, 1.82) is 0 Å². The molecule has 2 aromatic carbocycles. The number of para-hydroxylation sites is 2. The second-order valence-corrected chi connectivity index (χ2v) is 4.58. The first kappa shape index (κ1) is 15.0. The van der Waals surface area contributed by atoms with E-state index in [1.807, 2.05) is 0 Å². The molecule has 0 spiro atoms. The van der Waals surface area contributed by atoms with Gasteiger partial charge in [-0.2, -0.15) is 0 Å². The van der Waals surface area contributed by atoms with E-state index in [0.29, 0.717) is 16.8 Å². The summed E-state index contributed by atoms with van der Waals surface area (Å²) in [6, 6.07) is 13.6. The Labute approximate surface area is 131 Å². The first-order valence-electron chi connectivity index (χ1n) is 6.17. The zero-order valence-electron chi connectivity index (χ0n) is 11.0. The standard InChI is InChI=1S/C16H14N2O2.Co/c17-13(9-11-5-1-3-7-15(11)19)14(18)10-12-6-2-4-8-16(12)20;/h1-10,17-20H;/q-1;+1. The number of phenolic OH excluding ortho intramolecular Hbond substituents is 2. The maximum absolute atomic E-state index is 9.75. The molecule has 0 amide bonds. The maximum atomic E-state index is 9.75. The molecule has 0 atom stereocenters. The van der Waals surface area contributed by atoms with Crippen LogP contribution in [0.4, 0.5) is 0 Å². The number of phenols is 2. The molecule has 0 aliphatic rings. The molecule has 2 rings (SSSR count). The second-order valence-electron chi connectivity index (χ2n) is 4.32. The first-order valence-corrected chi connectivity index (χ1v) is 6.69. The van der Waals surface area contributed by atoms with Crippen LogP contribution in [0.25, 0.3) is 12.2 Å². The molecule has 0 aliphatic carbocycles. The van der Waals surface area contributed by atoms with E-state index in [2.05, 4.69) is 20.3 Å². The zero-order chi connectivity index (χ0) is 15.2. The van der Waals surface area contributed by atoms with Crippen LogP contribution >= 0.6 is 0 Å². The summed E-state index contributed by atoms with van der Waals surface area (Å²) in [5, 5.41) is 19.5. The van der Waals surface area contributed by atoms with Crippen molar-refractivity contribution in [3.05, 3.63) is 71.1 Å². The summed E-state index contributed by atoms with van der Waals surface area (Å²) in [6.45, 7) is 0. The van der Waals surface area contributed by atoms with E-state index in [9.17, 15) is 10.2 Å². The third-order valence-corrected chi connectivity index (χ3v) is 3.13. The quantitative estimate of drug-likeness (QED) is 0.757. The summed E-state index contributed by atoms with van der Waals surface area (Å²) in [5.41, 5.74) is 9.71. The van der Waals surface area contributed by atoms with Crippen molar-refractivity contribution in [2.75, 3.05) is 0 Å². The molecule has 5 heteroatoms. The fraction of sp³-hybridized carbons (Fsp3) is 0. The van der Waals surface area contributed by atoms with E-state index in [4.69, 9.17) is 5.73 Å². The van der Waals surface area contributed by atoms with E-state index in [-0.39, 0.29) is 17.2 Å². The molecule has 0 unspecified atom stereocenters. The summed E-state index contributed by atoms with van der Waals surface area (Å²) >= 11 is 4.04. The second kappa shape index (κ2) is 6.87. The van der Waals surface area contributed by atoms with Crippen molar-refractivity contribution in [3.63, 3.8) is 0 Å². The minimum atomic E-state index is 0.0997. The minimum absolute atomic E-state index is 0.0997. The van der Waals surface area contributed by atoms with Crippen molar-refractivity contribution in [2.24, 2.45) is 0 Å². The SMILES string of the molecule is [NH]C(=Cc1ccccc1O)C(=Cc1ccccc1O)[NH][Co]. The number of benzene rings is 2. The van der Waals surface area contributed by atoms with Crippen LogP contribution in [-0.2, 0) is 16.0 Å². The van der Waals surface area contributed by atoms with Gasteiger partial charge in [-0.1, -0.05) is 0 Å². The van der Waals surface area contributed by atoms with Crippen LogP contribution in [-0.4, -0.2) is 10.2 Å². The molecule has 0 saturated heterocycles. The predicted molar refractivity (Wildman–Crippen MR) is 78.4 cm³/mol. The summed E-state index contributed by atoms with van der Waals surface area (Å²) in [6.07, 6.45) is 3.13. The Balaban J connectivity index is 2.38. The topological polar surface area (TPSA) is 76.3 Å². The number of aromatic hydroxyl groups is 2. The summed E-state index contributed by atoms with van der Waals surface area (Å²) in [4.78, 5) is 0. The van der Waals surface area contributed by atoms with Gasteiger partial charge in [-0.25, -0.2) is 0 Å². The molecule has 0 saturated carbocycles. The molecule has 0 bridgehead atoms. The van der Waals surface area contributed by atoms with Crippen molar-refractivity contribution >= 4 is 12.2 Å². The normalized spacial score (nSPS) is 12.3. The van der Waals surface area contributed by atoms with Gasteiger partial charge in [0.1, 0.15) is 0 Å². The molecule has 0 aromatic heterocycles. The van der Waals surface area contributed by atoms with Gasteiger partial charge in [0.15, 0.2) is 0 Å². The zero-order valence-corrected chi connectivity index (χ0v) is 12.0. The monoisotopic (exact) mass is 325 g/mol. The van der Waals surface area contributed by atoms with Gasteiger partial charge in [-0.05, 0) is 0 Å². The third-order valence-electron chi connectivity index (χ3n) is 2.85. The Kier molecular flexibility index (Phi) is 4.92. The first-order chi connectivity index (χ1) is 10.1. The number of nitrogens with one attached hydrogen (secondary N) is 2. The average molecular weight is 325 g/mol. The molecular weight excluding hydrogens is 311 g/mol. The summed E-state index contributed by atoms with van der Waals surface area (Å²) < 4.78 is 2.62. The van der Waals surface area contributed by atoms with Crippen LogP contribution < -0.4 is 10.1 Å². The number of rotatable bonds is 4. The molecule has 0 heterocycles. The van der Waals surface area contributed by atoms with Crippen LogP contribution in [0.15, 0.2) is 59.9 Å². The molecule has 2 aromatic rings. The molecule has 0 aliphatic heterocycles. The average Bonchev–Trinajstić information content (AvgIpc) is 2.48. The van der Waals surface area contributed by atoms with Gasteiger partial charge < -0.3 is 0 Å². The van der Waals surface area contributed by atoms with Gasteiger partial charge in [-0.3, -0.25) is 0 Å². The van der Waals surface area contributed by atoms with Gasteiger partial charge >= 0.3 is 131 Å². The Hall–Kier alpha value is -2.37. The van der Waals surface area contributed by atoms with Gasteiger partial charge in [0.05, 0.1) is 0 Å². The fourth-order valence-corrected chi connectivity index (χ4v) is 1.97. The molecule has 109 valence electrons. The van der Waals surface area contributed by atoms with E-state index < -0.39 is 0 Å². The molecule has 21 heavy (non-hydrogen) atoms. The van der Waals surface area contributed by atoms with Crippen molar-refractivity contribution in [3.8, 4) is 11.5 Å². The Morgan fingerprint density at radius 3 is 1.86 bits per heavy atom. The Bertz CT molecular complexity index is 696. The molecule has 4 nitrogen and oxygen atoms in total. The van der Waals surface area contributed by atoms with E-state index in [1.54, 1.807) is 54.6 Å². The van der Waals surface area contributed by atoms with Crippen molar-refractivity contribution in [1.82, 2.24) is 10.1 Å². The van der Waals surface area contributed by atoms with Crippen LogP contribution in [0.3, 0.4) is 0 Å². The number of hydrogen-bond donors (Lipinski definition) is 3. The van der Waals surface area contributed by atoms with Crippen LogP contribution in [0.2, 0.25) is 0 Å². The van der Waals surface area contributed by atoms with Gasteiger partial charge in [0, 0.05) is 0 Å². The molecular formula is C16H14CoN2O2. The van der Waals surface area contributed by atoms with Gasteiger partial charge in [0.25, 0.3) is 0 Å². The summed E-state index contributed by atoms with van der Waals surface area (Å²) in [7, 11) is 0. The fourth-order valence-electron chi connectivity index (χ4n) is 1.75. The Morgan fingerprint density at radius 2 is 1.38 bits per heavy atom. The van der Waals surface area contributed by atoms with Crippen LogP contribution in [0.5, 0.6) is 11.5 Å². The molecule has 4 N–H and O–H groups in total. The number of hydrogen-bond acceptors (Lipinski definition) is 3. The van der Waals surface area contributed by atoms with Crippen LogP contribution in [0, 0.1) is 0 Å². The van der Waals surface area contributed by atoms with Gasteiger partial charge in [0.2, 0.25) is 0 Å². The van der Waals surface area contributed by atoms with Crippen molar-refractivity contribution < 1.29 is 26.2 Å². The van der Waals surface area contributed by atoms with Gasteiger partial charge in [-0.15, -0.1) is 0 Å². The van der Waals surface area contributed by atoms with E-state index in [1.165, 1.54) is 6.08 Å². The van der Waals surface area contributed by atoms with E-state index in [0.717, 1.165) is 0 Å². The van der Waals surface area contributed by atoms with Crippen molar-refractivity contribution in [2.45, 2.75) is 0 Å². The summed E-state index contributed by atoms with van der Waals surface area (Å²) in [5.74, 6) is 0.218. The van der Waals surface area contributed by atoms with E-state index >= 15 is 0 Å². The third kappa shape index (κ3) is 3.81.